The molecule has 13 heavy (non-hydrogen) atoms. The monoisotopic (exact) mass is 177 g/mol. The Balaban J connectivity index is 2.10. The first-order valence-electron chi connectivity index (χ1n) is 4.53. The Morgan fingerprint density at radius 3 is 2.31 bits per heavy atom. The lowest BCUT2D eigenvalue weighted by molar-refractivity contribution is 0.475. The van der Waals surface area contributed by atoms with Gasteiger partial charge >= 0.3 is 0 Å². The quantitative estimate of drug-likeness (QED) is 0.689. The first kappa shape index (κ1) is 8.38. The van der Waals surface area contributed by atoms with Gasteiger partial charge in [-0.2, -0.15) is 0 Å². The van der Waals surface area contributed by atoms with Crippen molar-refractivity contribution in [1.82, 2.24) is 5.32 Å². The molecule has 0 unspecified atom stereocenters. The van der Waals surface area contributed by atoms with Gasteiger partial charge in [-0.25, -0.2) is 5.32 Å². The molecule has 2 rings (SSSR count). The fourth-order valence-corrected chi connectivity index (χ4v) is 1.53. The predicted octanol–water partition coefficient (Wildman–Crippen LogP) is 0.817. The third-order valence-electron chi connectivity index (χ3n) is 2.27. The van der Waals surface area contributed by atoms with E-state index >= 15 is 0 Å². The summed E-state index contributed by atoms with van der Waals surface area (Å²) in [6.45, 7) is 3.82. The van der Waals surface area contributed by atoms with Crippen LogP contribution in [0.1, 0.15) is 0 Å². The van der Waals surface area contributed by atoms with Gasteiger partial charge in [0.2, 0.25) is 0 Å². The fourth-order valence-electron chi connectivity index (χ4n) is 1.53. The van der Waals surface area contributed by atoms with E-state index in [1.54, 1.807) is 12.1 Å². The largest absolute Gasteiger partial charge is 0.508 e. The first-order valence-corrected chi connectivity index (χ1v) is 4.53. The van der Waals surface area contributed by atoms with E-state index in [0.29, 0.717) is 5.75 Å². The molecule has 0 aliphatic carbocycles. The van der Waals surface area contributed by atoms with Crippen molar-refractivity contribution in [3.8, 4) is 5.75 Å². The minimum Gasteiger partial charge on any atom is -0.508 e. The van der Waals surface area contributed by atoms with Crippen LogP contribution in [0.4, 0.5) is 5.69 Å². The number of phenols is 1. The number of piperazine rings is 1. The van der Waals surface area contributed by atoms with Crippen molar-refractivity contribution in [3.05, 3.63) is 24.3 Å². The Morgan fingerprint density at radius 1 is 1.08 bits per heavy atom. The van der Waals surface area contributed by atoms with Crippen LogP contribution in [0.5, 0.6) is 5.75 Å². The lowest BCUT2D eigenvalue weighted by Gasteiger charge is -2.28. The van der Waals surface area contributed by atoms with Gasteiger partial charge in [0.25, 0.3) is 0 Å². The fraction of sp³-hybridized carbons (Fsp3) is 0.400. The van der Waals surface area contributed by atoms with Crippen LogP contribution in [-0.2, 0) is 0 Å². The Labute approximate surface area is 78.0 Å². The molecule has 1 aromatic carbocycles. The average Bonchev–Trinajstić information content (AvgIpc) is 2.20. The van der Waals surface area contributed by atoms with Gasteiger partial charge < -0.3 is 10.0 Å². The van der Waals surface area contributed by atoms with Gasteiger partial charge in [0.05, 0.1) is 0 Å². The molecule has 1 N–H and O–H groups in total. The van der Waals surface area contributed by atoms with E-state index in [1.807, 2.05) is 12.1 Å². The standard InChI is InChI=1S/C10H13N2O/c13-10-3-1-9(2-4-10)12-7-5-11-6-8-12/h1-4,13H,5-8H2. The van der Waals surface area contributed by atoms with Crippen LogP contribution < -0.4 is 10.2 Å². The second kappa shape index (κ2) is 3.66. The maximum atomic E-state index is 9.12. The number of hydrogen-bond donors (Lipinski definition) is 1. The number of anilines is 1. The van der Waals surface area contributed by atoms with Crippen LogP contribution in [0.2, 0.25) is 0 Å². The summed E-state index contributed by atoms with van der Waals surface area (Å²) in [5, 5.41) is 13.4. The number of nitrogens with zero attached hydrogens (tertiary/aromatic N) is 2. The van der Waals surface area contributed by atoms with Gasteiger partial charge in [-0.05, 0) is 24.3 Å². The third kappa shape index (κ3) is 1.92. The van der Waals surface area contributed by atoms with Gasteiger partial charge in [0, 0.05) is 31.9 Å². The van der Waals surface area contributed by atoms with Crippen molar-refractivity contribution in [3.63, 3.8) is 0 Å². The Morgan fingerprint density at radius 2 is 1.69 bits per heavy atom. The van der Waals surface area contributed by atoms with Crippen LogP contribution in [0.25, 0.3) is 0 Å². The summed E-state index contributed by atoms with van der Waals surface area (Å²) in [6.07, 6.45) is 0. The van der Waals surface area contributed by atoms with Gasteiger partial charge in [-0.15, -0.1) is 0 Å². The average molecular weight is 177 g/mol. The number of aromatic hydroxyl groups is 1. The molecule has 0 spiro atoms. The van der Waals surface area contributed by atoms with Gasteiger partial charge in [-0.1, -0.05) is 0 Å². The Hall–Kier alpha value is -1.22. The smallest absolute Gasteiger partial charge is 0.115 e. The summed E-state index contributed by atoms with van der Waals surface area (Å²) < 4.78 is 0. The highest BCUT2D eigenvalue weighted by molar-refractivity contribution is 5.49. The maximum absolute atomic E-state index is 9.12. The zero-order chi connectivity index (χ0) is 9.10. The molecule has 1 aromatic rings. The van der Waals surface area contributed by atoms with Crippen molar-refractivity contribution in [2.45, 2.75) is 0 Å². The molecule has 1 aliphatic heterocycles. The molecule has 1 saturated heterocycles. The molecule has 0 bridgehead atoms. The maximum Gasteiger partial charge on any atom is 0.115 e. The van der Waals surface area contributed by atoms with Gasteiger partial charge in [0.1, 0.15) is 5.75 Å². The first-order chi connectivity index (χ1) is 6.36. The highest BCUT2D eigenvalue weighted by Gasteiger charge is 2.10. The van der Waals surface area contributed by atoms with Gasteiger partial charge in [0.15, 0.2) is 0 Å². The lowest BCUT2D eigenvalue weighted by atomic mass is 10.2. The van der Waals surface area contributed by atoms with E-state index in [9.17, 15) is 0 Å². The molecule has 0 atom stereocenters. The van der Waals surface area contributed by atoms with Crippen LogP contribution in [0.3, 0.4) is 0 Å². The predicted molar refractivity (Wildman–Crippen MR) is 52.2 cm³/mol. The SMILES string of the molecule is Oc1ccc(N2CC[N]CC2)cc1. The summed E-state index contributed by atoms with van der Waals surface area (Å²) in [6, 6.07) is 7.34. The summed E-state index contributed by atoms with van der Waals surface area (Å²) in [7, 11) is 0. The van der Waals surface area contributed by atoms with Crippen LogP contribution in [-0.4, -0.2) is 31.3 Å². The van der Waals surface area contributed by atoms with E-state index in [4.69, 9.17) is 5.11 Å². The summed E-state index contributed by atoms with van der Waals surface area (Å²) in [5.41, 5.74) is 1.17. The zero-order valence-corrected chi connectivity index (χ0v) is 7.48. The minimum atomic E-state index is 0.324. The van der Waals surface area contributed by atoms with Crippen molar-refractivity contribution in [2.75, 3.05) is 31.1 Å². The zero-order valence-electron chi connectivity index (χ0n) is 7.48. The highest BCUT2D eigenvalue weighted by atomic mass is 16.3. The van der Waals surface area contributed by atoms with Gasteiger partial charge in [-0.3, -0.25) is 0 Å². The molecule has 0 saturated carbocycles. The molecule has 0 amide bonds. The topological polar surface area (TPSA) is 37.6 Å². The number of benzene rings is 1. The van der Waals surface area contributed by atoms with Crippen molar-refractivity contribution in [1.29, 1.82) is 0 Å². The van der Waals surface area contributed by atoms with E-state index in [2.05, 4.69) is 10.2 Å². The minimum absolute atomic E-state index is 0.324. The molecular formula is C10H13N2O. The van der Waals surface area contributed by atoms with E-state index in [0.717, 1.165) is 26.2 Å². The molecule has 3 heteroatoms. The van der Waals surface area contributed by atoms with E-state index in [-0.39, 0.29) is 0 Å². The molecule has 0 aromatic heterocycles. The molecule has 1 aliphatic rings. The van der Waals surface area contributed by atoms with Crippen LogP contribution in [0, 0.1) is 0 Å². The Bertz CT molecular complexity index is 265. The van der Waals surface area contributed by atoms with E-state index in [1.165, 1.54) is 5.69 Å². The van der Waals surface area contributed by atoms with Crippen LogP contribution >= 0.6 is 0 Å². The molecule has 1 radical (unpaired) electrons. The summed E-state index contributed by atoms with van der Waals surface area (Å²) in [4.78, 5) is 2.28. The number of rotatable bonds is 1. The second-order valence-electron chi connectivity index (χ2n) is 3.17. The van der Waals surface area contributed by atoms with E-state index < -0.39 is 0 Å². The normalized spacial score (nSPS) is 17.4. The van der Waals surface area contributed by atoms with Crippen molar-refractivity contribution < 1.29 is 5.11 Å². The lowest BCUT2D eigenvalue weighted by Crippen LogP contribution is -2.40. The van der Waals surface area contributed by atoms with Crippen molar-refractivity contribution >= 4 is 5.69 Å². The second-order valence-corrected chi connectivity index (χ2v) is 3.17. The molecule has 69 valence electrons. The molecule has 1 fully saturated rings. The Kier molecular flexibility index (Phi) is 2.36. The molecule has 1 heterocycles. The summed E-state index contributed by atoms with van der Waals surface area (Å²) in [5.74, 6) is 0.324. The molecular weight excluding hydrogens is 164 g/mol. The van der Waals surface area contributed by atoms with Crippen LogP contribution in [0.15, 0.2) is 24.3 Å². The number of hydrogen-bond acceptors (Lipinski definition) is 2. The number of phenolic OH excluding ortho intramolecular Hbond substituents is 1. The van der Waals surface area contributed by atoms with Crippen molar-refractivity contribution in [2.24, 2.45) is 0 Å². The molecule has 3 nitrogen and oxygen atoms in total. The third-order valence-corrected chi connectivity index (χ3v) is 2.27. The highest BCUT2D eigenvalue weighted by Crippen LogP contribution is 2.18. The summed E-state index contributed by atoms with van der Waals surface area (Å²) >= 11 is 0.